The summed E-state index contributed by atoms with van der Waals surface area (Å²) in [7, 11) is 0. The highest BCUT2D eigenvalue weighted by Crippen LogP contribution is 2.32. The third kappa shape index (κ3) is 17.4. The molecule has 0 saturated carbocycles. The molecule has 4 aromatic carbocycles. The zero-order valence-corrected chi connectivity index (χ0v) is 50.8. The Labute approximate surface area is 506 Å². The summed E-state index contributed by atoms with van der Waals surface area (Å²) in [6, 6.07) is 21.2. The predicted octanol–water partition coefficient (Wildman–Crippen LogP) is 9.27. The maximum Gasteiger partial charge on any atom is 0.258 e. The number of rotatable bonds is 26. The van der Waals surface area contributed by atoms with Crippen molar-refractivity contribution in [3.8, 4) is 10.4 Å². The monoisotopic (exact) mass is 1200 g/mol. The number of unbranched alkanes of at least 4 members (excludes halogenated alkanes) is 7. The molecule has 7 N–H and O–H groups in total. The Kier molecular flexibility index (Phi) is 21.9. The van der Waals surface area contributed by atoms with E-state index in [2.05, 4.69) is 51.6 Å². The SMILES string of the molecule is Cc1ncsc1-c1ccc(CNC(=O)[C@@H]2C[C@@H](O)CN2C(=O)[C@@H](NC(=O)CCCCCCCCCCNC(=O)CN2CCN(c3ccc(C(=O)Nc4n[nH]c5ccc(Cc6cc(F)cc(F)c6)cc45)c(NC4CCOCC4)c3)CC2)C(C)(C)C)cc1. The van der Waals surface area contributed by atoms with Crippen LogP contribution < -0.4 is 31.5 Å². The van der Waals surface area contributed by atoms with Gasteiger partial charge in [0.1, 0.15) is 23.7 Å². The van der Waals surface area contributed by atoms with Crippen LogP contribution in [-0.4, -0.2) is 143 Å². The number of aliphatic hydroxyl groups excluding tert-OH is 1. The number of anilines is 3. The fraction of sp³-hybridized carbons (Fsp3) is 0.492. The van der Waals surface area contributed by atoms with E-state index < -0.39 is 35.2 Å². The van der Waals surface area contributed by atoms with Crippen LogP contribution in [0.1, 0.15) is 131 Å². The van der Waals surface area contributed by atoms with Crippen LogP contribution in [0.25, 0.3) is 21.3 Å². The number of nitrogens with one attached hydrogen (secondary N) is 6. The van der Waals surface area contributed by atoms with Gasteiger partial charge in [0.25, 0.3) is 5.91 Å². The van der Waals surface area contributed by atoms with Gasteiger partial charge in [-0.1, -0.05) is 89.6 Å². The molecule has 6 aromatic rings. The van der Waals surface area contributed by atoms with E-state index in [0.29, 0.717) is 105 Å². The van der Waals surface area contributed by atoms with Crippen molar-refractivity contribution in [2.24, 2.45) is 5.41 Å². The van der Waals surface area contributed by atoms with Crippen LogP contribution in [0, 0.1) is 24.0 Å². The second kappa shape index (κ2) is 29.9. The smallest absolute Gasteiger partial charge is 0.258 e. The van der Waals surface area contributed by atoms with Crippen molar-refractivity contribution in [3.05, 3.63) is 124 Å². The van der Waals surface area contributed by atoms with Gasteiger partial charge in [-0.3, -0.25) is 34.0 Å². The van der Waals surface area contributed by atoms with Gasteiger partial charge in [0, 0.05) is 101 Å². The highest BCUT2D eigenvalue weighted by Gasteiger charge is 2.44. The van der Waals surface area contributed by atoms with Gasteiger partial charge in [-0.15, -0.1) is 11.3 Å². The standard InChI is InChI=1S/C65H83F2N11O7S/c1-42-59(86-41-70-42)46-17-14-43(15-18-46)38-69-63(83)56-37-51(79)39-78(56)64(84)60(65(2,3)4)72-57(80)13-11-9-7-5-6-8-10-12-24-68-58(81)40-76-25-27-77(28-26-76)50-19-20-52(55(36-50)71-49-22-29-85-30-23-49)62(82)73-61-53-34-44(16-21-54(53)74-75-61)31-45-32-47(66)35-48(67)33-45/h14-21,32-36,41,49,51,56,60,71,79H,5-13,22-31,37-40H2,1-4H3,(H,68,81)(H,69,83)(H,72,80)(H2,73,74,75,82)/t51-,56+,60-/m1/s1. The number of β-amino-alcohol motifs (C(OH)–C–C–N with tert-alkyl or cyclic N) is 1. The number of aliphatic hydroxyl groups is 1. The largest absolute Gasteiger partial charge is 0.391 e. The zero-order chi connectivity index (χ0) is 60.7. The molecule has 0 radical (unpaired) electrons. The number of benzene rings is 4. The number of likely N-dealkylation sites (tertiary alicyclic amines) is 1. The summed E-state index contributed by atoms with van der Waals surface area (Å²) < 4.78 is 33.5. The number of hydrogen-bond donors (Lipinski definition) is 7. The summed E-state index contributed by atoms with van der Waals surface area (Å²) in [5, 5.41) is 34.4. The zero-order valence-electron chi connectivity index (χ0n) is 50.0. The molecule has 2 aromatic heterocycles. The topological polar surface area (TPSA) is 226 Å². The van der Waals surface area contributed by atoms with Crippen molar-refractivity contribution in [1.29, 1.82) is 0 Å². The molecule has 3 atom stereocenters. The maximum absolute atomic E-state index is 14.1. The highest BCUT2D eigenvalue weighted by molar-refractivity contribution is 7.13. The molecule has 5 heterocycles. The number of halogens is 2. The number of carbonyl (C=O) groups is 5. The molecular weight excluding hydrogens is 1120 g/mol. The minimum atomic E-state index is -0.866. The van der Waals surface area contributed by atoms with E-state index in [1.165, 1.54) is 17.0 Å². The maximum atomic E-state index is 14.1. The molecule has 3 saturated heterocycles. The van der Waals surface area contributed by atoms with Crippen LogP contribution in [0.5, 0.6) is 0 Å². The number of aromatic nitrogens is 3. The predicted molar refractivity (Wildman–Crippen MR) is 332 cm³/mol. The minimum absolute atomic E-state index is 0.0143. The van der Waals surface area contributed by atoms with E-state index >= 15 is 0 Å². The number of fused-ring (bicyclic) bond motifs is 1. The number of aryl methyl sites for hydroxylation is 1. The Morgan fingerprint density at radius 3 is 2.20 bits per heavy atom. The molecule has 5 amide bonds. The molecule has 3 aliphatic heterocycles. The Hall–Kier alpha value is -7.33. The normalized spacial score (nSPS) is 17.2. The number of hydrogen-bond acceptors (Lipinski definition) is 13. The lowest BCUT2D eigenvalue weighted by Gasteiger charge is -2.36. The molecule has 0 unspecified atom stereocenters. The Morgan fingerprint density at radius 2 is 1.50 bits per heavy atom. The minimum Gasteiger partial charge on any atom is -0.391 e. The number of H-pyrrole nitrogens is 1. The van der Waals surface area contributed by atoms with Crippen LogP contribution in [0.15, 0.2) is 84.4 Å². The van der Waals surface area contributed by atoms with Crippen molar-refractivity contribution >= 4 is 69.0 Å². The molecule has 0 bridgehead atoms. The Morgan fingerprint density at radius 1 is 0.802 bits per heavy atom. The first-order chi connectivity index (χ1) is 41.4. The molecule has 3 fully saturated rings. The van der Waals surface area contributed by atoms with E-state index in [1.54, 1.807) is 11.3 Å². The number of ether oxygens (including phenoxy) is 1. The number of nitrogens with zero attached hydrogens (tertiary/aromatic N) is 5. The van der Waals surface area contributed by atoms with Gasteiger partial charge >= 0.3 is 0 Å². The van der Waals surface area contributed by atoms with Crippen LogP contribution in [0.2, 0.25) is 0 Å². The summed E-state index contributed by atoms with van der Waals surface area (Å²) in [5.74, 6) is -2.16. The van der Waals surface area contributed by atoms with Crippen molar-refractivity contribution in [3.63, 3.8) is 0 Å². The molecule has 21 heteroatoms. The second-order valence-corrected chi connectivity index (χ2v) is 25.1. The van der Waals surface area contributed by atoms with E-state index in [4.69, 9.17) is 4.74 Å². The Balaban J connectivity index is 0.644. The van der Waals surface area contributed by atoms with Gasteiger partial charge in [0.2, 0.25) is 23.6 Å². The van der Waals surface area contributed by atoms with Crippen LogP contribution >= 0.6 is 11.3 Å². The number of carbonyl (C=O) groups excluding carboxylic acids is 5. The summed E-state index contributed by atoms with van der Waals surface area (Å²) in [6.07, 6.45) is 9.16. The number of amides is 5. The van der Waals surface area contributed by atoms with Gasteiger partial charge < -0.3 is 46.2 Å². The summed E-state index contributed by atoms with van der Waals surface area (Å²) >= 11 is 1.58. The van der Waals surface area contributed by atoms with Crippen LogP contribution in [0.4, 0.5) is 26.0 Å². The van der Waals surface area contributed by atoms with Gasteiger partial charge in [-0.2, -0.15) is 5.10 Å². The van der Waals surface area contributed by atoms with Gasteiger partial charge in [0.15, 0.2) is 5.82 Å². The van der Waals surface area contributed by atoms with Crippen molar-refractivity contribution < 1.29 is 42.6 Å². The average Bonchev–Trinajstić information content (AvgIpc) is 2.81. The third-order valence-electron chi connectivity index (χ3n) is 16.5. The second-order valence-electron chi connectivity index (χ2n) is 24.3. The first-order valence-corrected chi connectivity index (χ1v) is 31.3. The molecule has 0 spiro atoms. The fourth-order valence-corrected chi connectivity index (χ4v) is 12.4. The lowest BCUT2D eigenvalue weighted by atomic mass is 9.85. The van der Waals surface area contributed by atoms with Gasteiger partial charge in [0.05, 0.1) is 39.8 Å². The van der Waals surface area contributed by atoms with Crippen molar-refractivity contribution in [1.82, 2.24) is 40.9 Å². The molecule has 460 valence electrons. The molecule has 3 aliphatic rings. The fourth-order valence-electron chi connectivity index (χ4n) is 11.6. The van der Waals surface area contributed by atoms with Gasteiger partial charge in [-0.25, -0.2) is 13.8 Å². The van der Waals surface area contributed by atoms with Crippen molar-refractivity contribution in [2.45, 2.75) is 142 Å². The number of aromatic amines is 1. The first kappa shape index (κ1) is 63.2. The third-order valence-corrected chi connectivity index (χ3v) is 17.5. The molecule has 9 rings (SSSR count). The molecule has 0 aliphatic carbocycles. The number of thiazole rings is 1. The van der Waals surface area contributed by atoms with E-state index in [9.17, 15) is 37.9 Å². The summed E-state index contributed by atoms with van der Waals surface area (Å²) in [5.41, 5.74) is 8.28. The lowest BCUT2D eigenvalue weighted by Crippen LogP contribution is -2.57. The van der Waals surface area contributed by atoms with Gasteiger partial charge in [-0.05, 0) is 109 Å². The summed E-state index contributed by atoms with van der Waals surface area (Å²) in [4.78, 5) is 79.2. The average molecular weight is 1200 g/mol. The first-order valence-electron chi connectivity index (χ1n) is 30.4. The molecular formula is C65H83F2N11O7S. The van der Waals surface area contributed by atoms with E-state index in [1.807, 2.05) is 93.9 Å². The highest BCUT2D eigenvalue weighted by atomic mass is 32.1. The quantitative estimate of drug-likeness (QED) is 0.0252. The Bertz CT molecular complexity index is 3260. The molecule has 18 nitrogen and oxygen atoms in total. The lowest BCUT2D eigenvalue weighted by molar-refractivity contribution is -0.144. The van der Waals surface area contributed by atoms with Crippen molar-refractivity contribution in [2.75, 3.05) is 74.6 Å². The van der Waals surface area contributed by atoms with Crippen LogP contribution in [-0.2, 0) is 36.9 Å². The molecule has 86 heavy (non-hydrogen) atoms. The van der Waals surface area contributed by atoms with E-state index in [-0.39, 0.29) is 55.1 Å². The number of piperazine rings is 1. The van der Waals surface area contributed by atoms with Crippen LogP contribution in [0.3, 0.4) is 0 Å². The van der Waals surface area contributed by atoms with E-state index in [0.717, 1.165) is 96.8 Å². The summed E-state index contributed by atoms with van der Waals surface area (Å²) in [6.45, 7) is 13.0.